The lowest BCUT2D eigenvalue weighted by Crippen LogP contribution is -2.42. The Labute approximate surface area is 202 Å². The van der Waals surface area contributed by atoms with Crippen LogP contribution >= 0.6 is 0 Å². The highest BCUT2D eigenvalue weighted by Crippen LogP contribution is 2.50. The van der Waals surface area contributed by atoms with E-state index in [1.165, 1.54) is 6.33 Å². The Morgan fingerprint density at radius 3 is 2.53 bits per heavy atom. The summed E-state index contributed by atoms with van der Waals surface area (Å²) in [6.07, 6.45) is 6.19. The molecule has 8 heteroatoms. The largest absolute Gasteiger partial charge is 0.488 e. The predicted octanol–water partition coefficient (Wildman–Crippen LogP) is 3.16. The van der Waals surface area contributed by atoms with Crippen molar-refractivity contribution in [3.63, 3.8) is 0 Å². The van der Waals surface area contributed by atoms with Crippen LogP contribution in [0.15, 0.2) is 18.5 Å². The number of aromatic nitrogens is 2. The van der Waals surface area contributed by atoms with Crippen molar-refractivity contribution >= 4 is 17.4 Å². The van der Waals surface area contributed by atoms with E-state index in [1.807, 2.05) is 27.0 Å². The summed E-state index contributed by atoms with van der Waals surface area (Å²) in [5, 5.41) is 0. The molecule has 0 aliphatic heterocycles. The third-order valence-corrected chi connectivity index (χ3v) is 7.37. The fraction of sp³-hybridized carbons (Fsp3) is 0.577. The van der Waals surface area contributed by atoms with Crippen LogP contribution in [-0.2, 0) is 16.6 Å². The Kier molecular flexibility index (Phi) is 6.23. The van der Waals surface area contributed by atoms with Gasteiger partial charge in [0.2, 0.25) is 5.91 Å². The summed E-state index contributed by atoms with van der Waals surface area (Å²) in [6.45, 7) is 8.54. The number of fused-ring (bicyclic) bond motifs is 3. The van der Waals surface area contributed by atoms with E-state index in [-0.39, 0.29) is 23.5 Å². The molecule has 0 spiro atoms. The van der Waals surface area contributed by atoms with Gasteiger partial charge in [-0.3, -0.25) is 4.79 Å². The van der Waals surface area contributed by atoms with E-state index < -0.39 is 5.41 Å². The summed E-state index contributed by atoms with van der Waals surface area (Å²) >= 11 is 0. The number of amides is 1. The second-order valence-electron chi connectivity index (χ2n) is 11.2. The summed E-state index contributed by atoms with van der Waals surface area (Å²) in [5.74, 6) is 1.01. The van der Waals surface area contributed by atoms with E-state index in [1.54, 1.807) is 0 Å². The van der Waals surface area contributed by atoms with Gasteiger partial charge < -0.3 is 26.8 Å². The molecule has 1 aromatic heterocycles. The number of nitrogen functional groups attached to an aromatic ring is 1. The number of carbonyl (C=O) groups is 1. The van der Waals surface area contributed by atoms with Crippen molar-refractivity contribution < 1.29 is 9.53 Å². The third-order valence-electron chi connectivity index (χ3n) is 7.37. The van der Waals surface area contributed by atoms with Crippen LogP contribution in [-0.4, -0.2) is 41.6 Å². The average Bonchev–Trinajstić information content (AvgIpc) is 2.74. The van der Waals surface area contributed by atoms with Crippen molar-refractivity contribution in [2.24, 2.45) is 16.9 Å². The molecule has 0 radical (unpaired) electrons. The Morgan fingerprint density at radius 2 is 1.88 bits per heavy atom. The third kappa shape index (κ3) is 4.43. The molecule has 1 saturated carbocycles. The average molecular weight is 467 g/mol. The second kappa shape index (κ2) is 8.73. The molecule has 2 aromatic rings. The Bertz CT molecular complexity index is 1090. The SMILES string of the molecule is CN(CC(C)(C)C(N)=O)c1c(O[C@H]2CC[C@H](N)CC2)ccc2c1CC(C)(C)c1c(N)ncnc1-2. The molecule has 0 unspecified atom stereocenters. The van der Waals surface area contributed by atoms with E-state index >= 15 is 0 Å². The van der Waals surface area contributed by atoms with E-state index in [9.17, 15) is 4.79 Å². The highest BCUT2D eigenvalue weighted by Gasteiger charge is 2.38. The minimum atomic E-state index is -0.707. The highest BCUT2D eigenvalue weighted by molar-refractivity contribution is 5.84. The van der Waals surface area contributed by atoms with Gasteiger partial charge in [-0.25, -0.2) is 9.97 Å². The van der Waals surface area contributed by atoms with Crippen LogP contribution in [0.1, 0.15) is 64.5 Å². The fourth-order valence-electron chi connectivity index (χ4n) is 5.47. The lowest BCUT2D eigenvalue weighted by molar-refractivity contribution is -0.125. The van der Waals surface area contributed by atoms with Crippen molar-refractivity contribution in [2.75, 3.05) is 24.2 Å². The smallest absolute Gasteiger partial charge is 0.224 e. The molecular formula is C26H38N6O2. The van der Waals surface area contributed by atoms with Gasteiger partial charge in [0.25, 0.3) is 0 Å². The quantitative estimate of drug-likeness (QED) is 0.595. The van der Waals surface area contributed by atoms with Crippen LogP contribution in [0.3, 0.4) is 0 Å². The van der Waals surface area contributed by atoms with Gasteiger partial charge >= 0.3 is 0 Å². The molecule has 0 atom stereocenters. The summed E-state index contributed by atoms with van der Waals surface area (Å²) in [7, 11) is 2.00. The summed E-state index contributed by atoms with van der Waals surface area (Å²) in [5.41, 5.74) is 22.2. The zero-order valence-electron chi connectivity index (χ0n) is 21.0. The molecule has 1 fully saturated rings. The van der Waals surface area contributed by atoms with Gasteiger partial charge in [0.1, 0.15) is 17.9 Å². The van der Waals surface area contributed by atoms with Crippen LogP contribution in [0.25, 0.3) is 11.3 Å². The van der Waals surface area contributed by atoms with Crippen LogP contribution in [0, 0.1) is 5.41 Å². The van der Waals surface area contributed by atoms with Gasteiger partial charge in [0.15, 0.2) is 0 Å². The number of nitrogens with zero attached hydrogens (tertiary/aromatic N) is 3. The van der Waals surface area contributed by atoms with Crippen molar-refractivity contribution in [3.8, 4) is 17.0 Å². The number of ether oxygens (including phenoxy) is 1. The minimum Gasteiger partial charge on any atom is -0.488 e. The topological polar surface area (TPSA) is 133 Å². The first-order chi connectivity index (χ1) is 15.9. The van der Waals surface area contributed by atoms with Crippen LogP contribution < -0.4 is 26.8 Å². The normalized spacial score (nSPS) is 21.4. The van der Waals surface area contributed by atoms with E-state index in [2.05, 4.69) is 34.8 Å². The number of anilines is 2. The van der Waals surface area contributed by atoms with E-state index in [4.69, 9.17) is 21.9 Å². The fourth-order valence-corrected chi connectivity index (χ4v) is 5.47. The predicted molar refractivity (Wildman–Crippen MR) is 136 cm³/mol. The first kappa shape index (κ1) is 24.3. The van der Waals surface area contributed by atoms with Gasteiger partial charge in [-0.1, -0.05) is 13.8 Å². The summed E-state index contributed by atoms with van der Waals surface area (Å²) < 4.78 is 6.61. The Morgan fingerprint density at radius 1 is 1.21 bits per heavy atom. The lowest BCUT2D eigenvalue weighted by Gasteiger charge is -2.39. The van der Waals surface area contributed by atoms with Gasteiger partial charge in [0, 0.05) is 30.8 Å². The number of nitrogens with two attached hydrogens (primary N) is 3. The van der Waals surface area contributed by atoms with Crippen molar-refractivity contribution in [1.82, 2.24) is 9.97 Å². The van der Waals surface area contributed by atoms with Crippen molar-refractivity contribution in [3.05, 3.63) is 29.6 Å². The van der Waals surface area contributed by atoms with Crippen LogP contribution in [0.2, 0.25) is 0 Å². The standard InChI is InChI=1S/C26H38N6O2/c1-25(2)12-18-17(21-20(25)23(28)31-14-30-21)10-11-19(34-16-8-6-15(27)7-9-16)22(18)32(5)13-26(3,4)24(29)33/h10-11,14-16H,6-9,12-13,27H2,1-5H3,(H2,29,33)(H2,28,30,31)/t15-,16-. The maximum absolute atomic E-state index is 12.1. The molecule has 0 saturated heterocycles. The number of primary amides is 1. The maximum atomic E-state index is 12.1. The molecule has 0 bridgehead atoms. The molecule has 2 aliphatic rings. The number of hydrogen-bond donors (Lipinski definition) is 3. The maximum Gasteiger partial charge on any atom is 0.224 e. The minimum absolute atomic E-state index is 0.121. The van der Waals surface area contributed by atoms with Gasteiger partial charge in [-0.15, -0.1) is 0 Å². The van der Waals surface area contributed by atoms with Gasteiger partial charge in [-0.2, -0.15) is 0 Å². The van der Waals surface area contributed by atoms with Gasteiger partial charge in [-0.05, 0) is 69.1 Å². The number of benzene rings is 1. The van der Waals surface area contributed by atoms with Gasteiger partial charge in [0.05, 0.1) is 22.9 Å². The first-order valence-electron chi connectivity index (χ1n) is 12.1. The molecule has 2 aliphatic carbocycles. The molecule has 8 nitrogen and oxygen atoms in total. The second-order valence-corrected chi connectivity index (χ2v) is 11.2. The molecule has 184 valence electrons. The molecule has 34 heavy (non-hydrogen) atoms. The Hall–Kier alpha value is -2.87. The van der Waals surface area contributed by atoms with Crippen LogP contribution in [0.5, 0.6) is 5.75 Å². The van der Waals surface area contributed by atoms with E-state index in [0.717, 1.165) is 65.9 Å². The number of hydrogen-bond acceptors (Lipinski definition) is 7. The van der Waals surface area contributed by atoms with Crippen LogP contribution in [0.4, 0.5) is 11.5 Å². The molecular weight excluding hydrogens is 428 g/mol. The molecule has 4 rings (SSSR count). The molecule has 6 N–H and O–H groups in total. The zero-order valence-corrected chi connectivity index (χ0v) is 21.0. The summed E-state index contributed by atoms with van der Waals surface area (Å²) in [4.78, 5) is 23.1. The molecule has 1 heterocycles. The molecule has 1 aromatic carbocycles. The molecule has 1 amide bonds. The first-order valence-corrected chi connectivity index (χ1v) is 12.1. The number of rotatable bonds is 6. The number of carbonyl (C=O) groups excluding carboxylic acids is 1. The lowest BCUT2D eigenvalue weighted by atomic mass is 9.71. The zero-order chi connectivity index (χ0) is 24.8. The highest BCUT2D eigenvalue weighted by atomic mass is 16.5. The summed E-state index contributed by atoms with van der Waals surface area (Å²) in [6, 6.07) is 4.36. The van der Waals surface area contributed by atoms with Crippen molar-refractivity contribution in [1.29, 1.82) is 0 Å². The Balaban J connectivity index is 1.84. The van der Waals surface area contributed by atoms with E-state index in [0.29, 0.717) is 12.4 Å². The van der Waals surface area contributed by atoms with Crippen molar-refractivity contribution in [2.45, 2.75) is 77.4 Å². The monoisotopic (exact) mass is 466 g/mol.